The van der Waals surface area contributed by atoms with Crippen LogP contribution < -0.4 is 5.32 Å². The minimum absolute atomic E-state index is 0.120. The zero-order chi connectivity index (χ0) is 20.5. The van der Waals surface area contributed by atoms with Gasteiger partial charge in [-0.1, -0.05) is 42.0 Å². The number of rotatable bonds is 8. The summed E-state index contributed by atoms with van der Waals surface area (Å²) in [5.74, 6) is -0.305. The molecule has 0 saturated heterocycles. The molecule has 2 aromatic rings. The average Bonchev–Trinajstić information content (AvgIpc) is 2.78. The Labute approximate surface area is 172 Å². The second-order valence-corrected chi connectivity index (χ2v) is 7.38. The third-order valence-corrected chi connectivity index (χ3v) is 5.25. The van der Waals surface area contributed by atoms with Crippen LogP contribution in [0, 0.1) is 0 Å². The quantitative estimate of drug-likeness (QED) is 0.680. The van der Waals surface area contributed by atoms with E-state index < -0.39 is 0 Å². The first-order valence-electron chi connectivity index (χ1n) is 10.4. The van der Waals surface area contributed by atoms with Crippen molar-refractivity contribution in [3.8, 4) is 0 Å². The Hall–Kier alpha value is -2.95. The molecule has 1 aliphatic rings. The van der Waals surface area contributed by atoms with Crippen LogP contribution in [-0.4, -0.2) is 34.8 Å². The summed E-state index contributed by atoms with van der Waals surface area (Å²) in [5, 5.41) is 2.95. The van der Waals surface area contributed by atoms with E-state index in [2.05, 4.69) is 16.4 Å². The summed E-state index contributed by atoms with van der Waals surface area (Å²) in [5.41, 5.74) is 3.36. The van der Waals surface area contributed by atoms with Gasteiger partial charge in [-0.2, -0.15) is 0 Å². The zero-order valence-corrected chi connectivity index (χ0v) is 17.1. The van der Waals surface area contributed by atoms with Crippen molar-refractivity contribution >= 4 is 11.8 Å². The van der Waals surface area contributed by atoms with Crippen molar-refractivity contribution in [3.63, 3.8) is 0 Å². The number of nitrogens with one attached hydrogen (secondary N) is 1. The first kappa shape index (κ1) is 20.8. The Kier molecular flexibility index (Phi) is 7.56. The van der Waals surface area contributed by atoms with Gasteiger partial charge in [-0.15, -0.1) is 0 Å². The van der Waals surface area contributed by atoms with Crippen molar-refractivity contribution in [2.45, 2.75) is 45.6 Å². The van der Waals surface area contributed by atoms with Crippen LogP contribution in [0.25, 0.3) is 0 Å². The number of aromatic nitrogens is 1. The second-order valence-electron chi connectivity index (χ2n) is 7.38. The summed E-state index contributed by atoms with van der Waals surface area (Å²) < 4.78 is 0. The van der Waals surface area contributed by atoms with Gasteiger partial charge in [-0.25, -0.2) is 0 Å². The lowest BCUT2D eigenvalue weighted by Gasteiger charge is -2.21. The zero-order valence-electron chi connectivity index (χ0n) is 17.1. The van der Waals surface area contributed by atoms with Crippen molar-refractivity contribution in [1.29, 1.82) is 0 Å². The van der Waals surface area contributed by atoms with Crippen LogP contribution in [0.2, 0.25) is 0 Å². The third kappa shape index (κ3) is 6.01. The van der Waals surface area contributed by atoms with Crippen molar-refractivity contribution < 1.29 is 9.59 Å². The van der Waals surface area contributed by atoms with Crippen molar-refractivity contribution in [3.05, 3.63) is 77.1 Å². The molecule has 0 fully saturated rings. The van der Waals surface area contributed by atoms with E-state index in [4.69, 9.17) is 0 Å². The molecule has 1 aromatic carbocycles. The Morgan fingerprint density at radius 1 is 1.10 bits per heavy atom. The van der Waals surface area contributed by atoms with Gasteiger partial charge in [0, 0.05) is 32.0 Å². The number of pyridine rings is 1. The van der Waals surface area contributed by atoms with Crippen LogP contribution in [0.4, 0.5) is 0 Å². The van der Waals surface area contributed by atoms with Crippen molar-refractivity contribution in [1.82, 2.24) is 15.2 Å². The Morgan fingerprint density at radius 2 is 1.90 bits per heavy atom. The number of hydrogen-bond donors (Lipinski definition) is 1. The molecule has 0 spiro atoms. The number of nitrogens with zero attached hydrogens (tertiary/aromatic N) is 2. The molecule has 0 atom stereocenters. The molecule has 1 aromatic heterocycles. The van der Waals surface area contributed by atoms with E-state index in [1.54, 1.807) is 11.0 Å². The van der Waals surface area contributed by atoms with Crippen LogP contribution in [0.15, 0.2) is 60.4 Å². The molecule has 29 heavy (non-hydrogen) atoms. The summed E-state index contributed by atoms with van der Waals surface area (Å²) >= 11 is 0. The second kappa shape index (κ2) is 10.6. The van der Waals surface area contributed by atoms with E-state index in [1.165, 1.54) is 30.8 Å². The fourth-order valence-electron chi connectivity index (χ4n) is 3.57. The highest BCUT2D eigenvalue weighted by Crippen LogP contribution is 2.19. The average molecular weight is 392 g/mol. The fraction of sp³-hybridized carbons (Fsp3) is 0.375. The van der Waals surface area contributed by atoms with Gasteiger partial charge >= 0.3 is 0 Å². The van der Waals surface area contributed by atoms with Crippen molar-refractivity contribution in [2.24, 2.45) is 0 Å². The highest BCUT2D eigenvalue weighted by atomic mass is 16.2. The molecule has 1 heterocycles. The fourth-order valence-corrected chi connectivity index (χ4v) is 3.57. The van der Waals surface area contributed by atoms with E-state index in [-0.39, 0.29) is 11.8 Å². The van der Waals surface area contributed by atoms with Crippen LogP contribution >= 0.6 is 0 Å². The van der Waals surface area contributed by atoms with Crippen LogP contribution in [0.5, 0.6) is 0 Å². The molecule has 5 nitrogen and oxygen atoms in total. The summed E-state index contributed by atoms with van der Waals surface area (Å²) in [7, 11) is 0. The molecule has 0 unspecified atom stereocenters. The van der Waals surface area contributed by atoms with Gasteiger partial charge in [-0.3, -0.25) is 14.6 Å². The lowest BCUT2D eigenvalue weighted by Crippen LogP contribution is -2.31. The predicted molar refractivity (Wildman–Crippen MR) is 115 cm³/mol. The Balaban J connectivity index is 1.60. The highest BCUT2D eigenvalue weighted by Gasteiger charge is 2.17. The minimum Gasteiger partial charge on any atom is -0.352 e. The van der Waals surface area contributed by atoms with Crippen LogP contribution in [0.3, 0.4) is 0 Å². The van der Waals surface area contributed by atoms with E-state index in [0.29, 0.717) is 30.8 Å². The van der Waals surface area contributed by atoms with Gasteiger partial charge in [0.1, 0.15) is 0 Å². The molecule has 152 valence electrons. The molecule has 3 rings (SSSR count). The van der Waals surface area contributed by atoms with E-state index in [0.717, 1.165) is 24.8 Å². The normalized spacial score (nSPS) is 13.5. The van der Waals surface area contributed by atoms with Gasteiger partial charge in [0.25, 0.3) is 11.8 Å². The summed E-state index contributed by atoms with van der Waals surface area (Å²) in [6.07, 6.45) is 11.0. The van der Waals surface area contributed by atoms with Gasteiger partial charge in [0.05, 0.1) is 11.1 Å². The molecular weight excluding hydrogens is 362 g/mol. The monoisotopic (exact) mass is 391 g/mol. The van der Waals surface area contributed by atoms with E-state index in [1.807, 2.05) is 37.3 Å². The number of benzene rings is 1. The van der Waals surface area contributed by atoms with Gasteiger partial charge in [0.2, 0.25) is 0 Å². The Morgan fingerprint density at radius 3 is 2.62 bits per heavy atom. The number of allylic oxidation sites excluding steroid dienone is 1. The summed E-state index contributed by atoms with van der Waals surface area (Å²) in [6.45, 7) is 3.67. The Bertz CT molecular complexity index is 861. The first-order chi connectivity index (χ1) is 14.2. The lowest BCUT2D eigenvalue weighted by molar-refractivity contribution is 0.0752. The SMILES string of the molecule is CCN(Cc1ccccc1)C(=O)c1cncc(C(=O)NCCC2=CCCCC2)c1. The van der Waals surface area contributed by atoms with Crippen LogP contribution in [-0.2, 0) is 6.54 Å². The molecule has 0 aliphatic heterocycles. The largest absolute Gasteiger partial charge is 0.352 e. The number of amides is 2. The van der Waals surface area contributed by atoms with Gasteiger partial charge < -0.3 is 10.2 Å². The maximum Gasteiger partial charge on any atom is 0.255 e. The molecule has 5 heteroatoms. The van der Waals surface area contributed by atoms with E-state index in [9.17, 15) is 9.59 Å². The standard InChI is InChI=1S/C24H29N3O2/c1-2-27(18-20-11-7-4-8-12-20)24(29)22-15-21(16-25-17-22)23(28)26-14-13-19-9-5-3-6-10-19/h4,7-9,11-12,15-17H,2-3,5-6,10,13-14,18H2,1H3,(H,26,28). The third-order valence-electron chi connectivity index (χ3n) is 5.25. The lowest BCUT2D eigenvalue weighted by atomic mass is 9.97. The maximum absolute atomic E-state index is 12.9. The smallest absolute Gasteiger partial charge is 0.255 e. The number of carbonyl (C=O) groups excluding carboxylic acids is 2. The number of carbonyl (C=O) groups is 2. The molecule has 1 N–H and O–H groups in total. The molecule has 2 amide bonds. The summed E-state index contributed by atoms with van der Waals surface area (Å²) in [6, 6.07) is 11.5. The van der Waals surface area contributed by atoms with Crippen molar-refractivity contribution in [2.75, 3.05) is 13.1 Å². The molecular formula is C24H29N3O2. The number of hydrogen-bond acceptors (Lipinski definition) is 3. The van der Waals surface area contributed by atoms with Crippen LogP contribution in [0.1, 0.15) is 65.3 Å². The van der Waals surface area contributed by atoms with E-state index >= 15 is 0 Å². The predicted octanol–water partition coefficient (Wildman–Crippen LogP) is 4.36. The maximum atomic E-state index is 12.9. The molecule has 0 radical (unpaired) electrons. The highest BCUT2D eigenvalue weighted by molar-refractivity contribution is 5.99. The first-order valence-corrected chi connectivity index (χ1v) is 10.4. The topological polar surface area (TPSA) is 62.3 Å². The molecule has 0 bridgehead atoms. The van der Waals surface area contributed by atoms with Gasteiger partial charge in [0.15, 0.2) is 0 Å². The molecule has 1 aliphatic carbocycles. The molecule has 0 saturated carbocycles. The minimum atomic E-state index is -0.185. The van der Waals surface area contributed by atoms with Gasteiger partial charge in [-0.05, 0) is 50.7 Å². The summed E-state index contributed by atoms with van der Waals surface area (Å²) in [4.78, 5) is 31.3.